The van der Waals surface area contributed by atoms with E-state index in [-0.39, 0.29) is 18.4 Å². The predicted molar refractivity (Wildman–Crippen MR) is 80.2 cm³/mol. The van der Waals surface area contributed by atoms with Gasteiger partial charge in [0.1, 0.15) is 0 Å². The van der Waals surface area contributed by atoms with E-state index < -0.39 is 11.9 Å². The SMILES string of the molecule is CC(C)CC(CNC(=O)C[C@@H](CN)CC(C)C)C(=O)O. The normalized spacial score (nSPS) is 14.3. The summed E-state index contributed by atoms with van der Waals surface area (Å²) in [6, 6.07) is 0. The maximum atomic E-state index is 11.8. The fraction of sp³-hybridized carbons (Fsp3) is 0.867. The third-order valence-corrected chi connectivity index (χ3v) is 3.26. The Morgan fingerprint density at radius 2 is 1.65 bits per heavy atom. The van der Waals surface area contributed by atoms with Crippen molar-refractivity contribution in [3.8, 4) is 0 Å². The molecular weight excluding hydrogens is 256 g/mol. The van der Waals surface area contributed by atoms with E-state index in [1.165, 1.54) is 0 Å². The Morgan fingerprint density at radius 1 is 1.10 bits per heavy atom. The Morgan fingerprint density at radius 3 is 2.05 bits per heavy atom. The molecule has 0 aliphatic heterocycles. The number of nitrogens with one attached hydrogen (secondary N) is 1. The van der Waals surface area contributed by atoms with Gasteiger partial charge in [-0.3, -0.25) is 9.59 Å². The highest BCUT2D eigenvalue weighted by atomic mass is 16.4. The van der Waals surface area contributed by atoms with E-state index in [1.807, 2.05) is 13.8 Å². The molecular formula is C15H30N2O3. The molecule has 0 spiro atoms. The van der Waals surface area contributed by atoms with Gasteiger partial charge in [0.15, 0.2) is 0 Å². The monoisotopic (exact) mass is 286 g/mol. The summed E-state index contributed by atoms with van der Waals surface area (Å²) in [5.41, 5.74) is 5.67. The minimum Gasteiger partial charge on any atom is -0.481 e. The van der Waals surface area contributed by atoms with Crippen molar-refractivity contribution in [3.63, 3.8) is 0 Å². The molecule has 0 fully saturated rings. The Labute approximate surface area is 122 Å². The summed E-state index contributed by atoms with van der Waals surface area (Å²) in [4.78, 5) is 22.9. The van der Waals surface area contributed by atoms with Gasteiger partial charge in [-0.25, -0.2) is 0 Å². The third kappa shape index (κ3) is 8.91. The Bertz CT molecular complexity index is 303. The summed E-state index contributed by atoms with van der Waals surface area (Å²) >= 11 is 0. The Balaban J connectivity index is 4.20. The maximum Gasteiger partial charge on any atom is 0.308 e. The van der Waals surface area contributed by atoms with Crippen molar-refractivity contribution in [3.05, 3.63) is 0 Å². The van der Waals surface area contributed by atoms with E-state index in [0.717, 1.165) is 6.42 Å². The van der Waals surface area contributed by atoms with Gasteiger partial charge >= 0.3 is 5.97 Å². The first-order valence-corrected chi connectivity index (χ1v) is 7.45. The number of hydrogen-bond acceptors (Lipinski definition) is 3. The van der Waals surface area contributed by atoms with Crippen LogP contribution in [0.15, 0.2) is 0 Å². The molecule has 1 amide bonds. The van der Waals surface area contributed by atoms with Gasteiger partial charge in [-0.2, -0.15) is 0 Å². The van der Waals surface area contributed by atoms with Crippen molar-refractivity contribution in [1.29, 1.82) is 0 Å². The van der Waals surface area contributed by atoms with E-state index in [9.17, 15) is 9.59 Å². The zero-order valence-corrected chi connectivity index (χ0v) is 13.2. The van der Waals surface area contributed by atoms with Crippen LogP contribution in [0, 0.1) is 23.7 Å². The molecule has 20 heavy (non-hydrogen) atoms. The number of carbonyl (C=O) groups is 2. The van der Waals surface area contributed by atoms with Crippen molar-refractivity contribution in [2.45, 2.75) is 47.0 Å². The lowest BCUT2D eigenvalue weighted by Gasteiger charge is -2.18. The van der Waals surface area contributed by atoms with Gasteiger partial charge in [0, 0.05) is 13.0 Å². The summed E-state index contributed by atoms with van der Waals surface area (Å²) in [7, 11) is 0. The molecule has 0 rings (SSSR count). The molecule has 0 heterocycles. The second kappa shape index (κ2) is 9.75. The van der Waals surface area contributed by atoms with Crippen LogP contribution in [-0.4, -0.2) is 30.1 Å². The highest BCUT2D eigenvalue weighted by molar-refractivity contribution is 5.77. The minimum absolute atomic E-state index is 0.101. The smallest absolute Gasteiger partial charge is 0.308 e. The van der Waals surface area contributed by atoms with Crippen molar-refractivity contribution < 1.29 is 14.7 Å². The summed E-state index contributed by atoms with van der Waals surface area (Å²) in [5.74, 6) is -0.494. The Kier molecular flexibility index (Phi) is 9.21. The second-order valence-electron chi connectivity index (χ2n) is 6.40. The highest BCUT2D eigenvalue weighted by Gasteiger charge is 2.20. The molecule has 0 saturated heterocycles. The second-order valence-corrected chi connectivity index (χ2v) is 6.40. The molecule has 4 N–H and O–H groups in total. The molecule has 0 aromatic carbocycles. The van der Waals surface area contributed by atoms with Gasteiger partial charge in [0.05, 0.1) is 5.92 Å². The predicted octanol–water partition coefficient (Wildman–Crippen LogP) is 1.86. The van der Waals surface area contributed by atoms with Gasteiger partial charge in [0.25, 0.3) is 0 Å². The fourth-order valence-corrected chi connectivity index (χ4v) is 2.34. The van der Waals surface area contributed by atoms with Crippen LogP contribution >= 0.6 is 0 Å². The van der Waals surface area contributed by atoms with Crippen molar-refractivity contribution in [2.24, 2.45) is 29.4 Å². The van der Waals surface area contributed by atoms with E-state index in [0.29, 0.717) is 31.2 Å². The standard InChI is InChI=1S/C15H30N2O3/c1-10(2)5-12(8-16)7-14(18)17-9-13(15(19)20)6-11(3)4/h10-13H,5-9,16H2,1-4H3,(H,17,18)(H,19,20)/t12-,13?/m0/s1. The topological polar surface area (TPSA) is 92.4 Å². The van der Waals surface area contributed by atoms with Gasteiger partial charge in [0.2, 0.25) is 5.91 Å². The lowest BCUT2D eigenvalue weighted by molar-refractivity contribution is -0.142. The first-order valence-electron chi connectivity index (χ1n) is 7.45. The first-order chi connectivity index (χ1) is 9.26. The highest BCUT2D eigenvalue weighted by Crippen LogP contribution is 2.15. The summed E-state index contributed by atoms with van der Waals surface area (Å²) in [5, 5.41) is 11.8. The van der Waals surface area contributed by atoms with Gasteiger partial charge in [-0.1, -0.05) is 27.7 Å². The molecule has 0 aliphatic carbocycles. The number of aliphatic carboxylic acids is 1. The number of nitrogens with two attached hydrogens (primary N) is 1. The molecule has 0 bridgehead atoms. The number of carboxylic acid groups (broad SMARTS) is 1. The molecule has 1 unspecified atom stereocenters. The van der Waals surface area contributed by atoms with Crippen LogP contribution in [0.4, 0.5) is 0 Å². The zero-order valence-electron chi connectivity index (χ0n) is 13.2. The van der Waals surface area contributed by atoms with Crippen LogP contribution in [0.1, 0.15) is 47.0 Å². The third-order valence-electron chi connectivity index (χ3n) is 3.26. The fourth-order valence-electron chi connectivity index (χ4n) is 2.34. The number of amides is 1. The lowest BCUT2D eigenvalue weighted by atomic mass is 9.93. The summed E-state index contributed by atoms with van der Waals surface area (Å²) in [6.45, 7) is 8.84. The zero-order chi connectivity index (χ0) is 15.7. The molecule has 0 aromatic heterocycles. The van der Waals surface area contributed by atoms with Crippen LogP contribution in [0.25, 0.3) is 0 Å². The summed E-state index contributed by atoms with van der Waals surface area (Å²) < 4.78 is 0. The molecule has 118 valence electrons. The Hall–Kier alpha value is -1.10. The largest absolute Gasteiger partial charge is 0.481 e. The van der Waals surface area contributed by atoms with E-state index >= 15 is 0 Å². The quantitative estimate of drug-likeness (QED) is 0.571. The molecule has 0 saturated carbocycles. The van der Waals surface area contributed by atoms with Crippen LogP contribution in [0.5, 0.6) is 0 Å². The van der Waals surface area contributed by atoms with Crippen molar-refractivity contribution in [1.82, 2.24) is 5.32 Å². The first kappa shape index (κ1) is 18.9. The number of rotatable bonds is 10. The summed E-state index contributed by atoms with van der Waals surface area (Å²) in [6.07, 6.45) is 1.86. The number of hydrogen-bond donors (Lipinski definition) is 3. The van der Waals surface area contributed by atoms with E-state index in [4.69, 9.17) is 10.8 Å². The van der Waals surface area contributed by atoms with Crippen LogP contribution in [0.2, 0.25) is 0 Å². The average molecular weight is 286 g/mol. The average Bonchev–Trinajstić information content (AvgIpc) is 2.32. The van der Waals surface area contributed by atoms with Gasteiger partial charge in [-0.15, -0.1) is 0 Å². The van der Waals surface area contributed by atoms with Gasteiger partial charge in [-0.05, 0) is 37.1 Å². The molecule has 2 atom stereocenters. The van der Waals surface area contributed by atoms with Crippen LogP contribution in [-0.2, 0) is 9.59 Å². The molecule has 0 aliphatic rings. The number of carboxylic acids is 1. The van der Waals surface area contributed by atoms with Gasteiger partial charge < -0.3 is 16.2 Å². The van der Waals surface area contributed by atoms with E-state index in [2.05, 4.69) is 19.2 Å². The molecule has 5 heteroatoms. The van der Waals surface area contributed by atoms with Crippen LogP contribution in [0.3, 0.4) is 0 Å². The number of carbonyl (C=O) groups excluding carboxylic acids is 1. The molecule has 5 nitrogen and oxygen atoms in total. The van der Waals surface area contributed by atoms with Crippen LogP contribution < -0.4 is 11.1 Å². The molecule has 0 aromatic rings. The molecule has 0 radical (unpaired) electrons. The lowest BCUT2D eigenvalue weighted by Crippen LogP contribution is -2.35. The maximum absolute atomic E-state index is 11.8. The minimum atomic E-state index is -0.850. The van der Waals surface area contributed by atoms with E-state index in [1.54, 1.807) is 0 Å². The van der Waals surface area contributed by atoms with Crippen molar-refractivity contribution >= 4 is 11.9 Å². The van der Waals surface area contributed by atoms with Crippen molar-refractivity contribution in [2.75, 3.05) is 13.1 Å².